The molecule has 0 aliphatic heterocycles. The van der Waals surface area contributed by atoms with Crippen molar-refractivity contribution in [3.8, 4) is 0 Å². The molecule has 0 saturated heterocycles. The summed E-state index contributed by atoms with van der Waals surface area (Å²) >= 11 is 1.98. The fourth-order valence-electron chi connectivity index (χ4n) is 5.55. The lowest BCUT2D eigenvalue weighted by Crippen LogP contribution is -2.26. The SMILES string of the molecule is CCCNC(c1cc(C)sc1C)C1C2C3CCC(C3)C21. The Morgan fingerprint density at radius 2 is 1.95 bits per heavy atom. The standard InChI is InChI=1S/C18H27NS/c1-4-7-19-18(14-8-10(2)20-11(14)3)17-15-12-5-6-13(9-12)16(15)17/h8,12-13,15-19H,4-7,9H2,1-3H3. The highest BCUT2D eigenvalue weighted by Crippen LogP contribution is 2.72. The van der Waals surface area contributed by atoms with Crippen LogP contribution < -0.4 is 5.32 Å². The molecule has 0 spiro atoms. The third kappa shape index (κ3) is 1.91. The van der Waals surface area contributed by atoms with Gasteiger partial charge in [-0.05, 0) is 87.3 Å². The van der Waals surface area contributed by atoms with E-state index in [-0.39, 0.29) is 0 Å². The number of nitrogens with one attached hydrogen (secondary N) is 1. The molecule has 3 fully saturated rings. The summed E-state index contributed by atoms with van der Waals surface area (Å²) in [6, 6.07) is 3.11. The second-order valence-electron chi connectivity index (χ2n) is 7.37. The molecule has 3 saturated carbocycles. The van der Waals surface area contributed by atoms with E-state index in [1.165, 1.54) is 30.7 Å². The predicted molar refractivity (Wildman–Crippen MR) is 86.1 cm³/mol. The number of fused-ring (bicyclic) bond motifs is 5. The third-order valence-corrected chi connectivity index (χ3v) is 7.19. The molecule has 1 aromatic heterocycles. The maximum absolute atomic E-state index is 3.91. The van der Waals surface area contributed by atoms with E-state index in [0.29, 0.717) is 6.04 Å². The molecule has 5 unspecified atom stereocenters. The molecule has 1 nitrogen and oxygen atoms in total. The Balaban J connectivity index is 1.59. The van der Waals surface area contributed by atoms with E-state index in [4.69, 9.17) is 0 Å². The Bertz CT molecular complexity index is 490. The topological polar surface area (TPSA) is 12.0 Å². The van der Waals surface area contributed by atoms with E-state index >= 15 is 0 Å². The molecular weight excluding hydrogens is 262 g/mol. The van der Waals surface area contributed by atoms with Crippen molar-refractivity contribution in [1.82, 2.24) is 5.32 Å². The minimum atomic E-state index is 0.651. The van der Waals surface area contributed by atoms with Gasteiger partial charge in [-0.3, -0.25) is 0 Å². The Kier molecular flexibility index (Phi) is 3.23. The van der Waals surface area contributed by atoms with Gasteiger partial charge >= 0.3 is 0 Å². The van der Waals surface area contributed by atoms with Crippen molar-refractivity contribution < 1.29 is 0 Å². The van der Waals surface area contributed by atoms with Crippen LogP contribution in [0.25, 0.3) is 0 Å². The van der Waals surface area contributed by atoms with Gasteiger partial charge in [0.25, 0.3) is 0 Å². The van der Waals surface area contributed by atoms with Crippen LogP contribution in [0.3, 0.4) is 0 Å². The zero-order chi connectivity index (χ0) is 13.9. The number of rotatable bonds is 5. The first-order valence-electron chi connectivity index (χ1n) is 8.51. The second-order valence-corrected chi connectivity index (χ2v) is 8.83. The molecule has 0 amide bonds. The molecule has 4 rings (SSSR count). The van der Waals surface area contributed by atoms with Crippen molar-refractivity contribution in [2.75, 3.05) is 6.54 Å². The summed E-state index contributed by atoms with van der Waals surface area (Å²) in [4.78, 5) is 3.03. The molecule has 3 aliphatic carbocycles. The van der Waals surface area contributed by atoms with Gasteiger partial charge in [-0.1, -0.05) is 6.92 Å². The van der Waals surface area contributed by atoms with Crippen molar-refractivity contribution in [2.24, 2.45) is 29.6 Å². The van der Waals surface area contributed by atoms with E-state index in [1.807, 2.05) is 11.3 Å². The monoisotopic (exact) mass is 289 g/mol. The normalized spacial score (nSPS) is 39.0. The largest absolute Gasteiger partial charge is 0.310 e. The van der Waals surface area contributed by atoms with Crippen LogP contribution in [0, 0.1) is 43.4 Å². The number of thiophene rings is 1. The van der Waals surface area contributed by atoms with Gasteiger partial charge in [0.15, 0.2) is 0 Å². The molecule has 20 heavy (non-hydrogen) atoms. The Labute approximate surface area is 127 Å². The van der Waals surface area contributed by atoms with Crippen LogP contribution in [-0.4, -0.2) is 6.54 Å². The van der Waals surface area contributed by atoms with Gasteiger partial charge in [0.2, 0.25) is 0 Å². The number of hydrogen-bond donors (Lipinski definition) is 1. The third-order valence-electron chi connectivity index (χ3n) is 6.21. The molecule has 2 bridgehead atoms. The van der Waals surface area contributed by atoms with Gasteiger partial charge in [0, 0.05) is 15.8 Å². The van der Waals surface area contributed by atoms with Crippen molar-refractivity contribution in [1.29, 1.82) is 0 Å². The van der Waals surface area contributed by atoms with Crippen LogP contribution in [0.2, 0.25) is 0 Å². The Hall–Kier alpha value is -0.340. The first kappa shape index (κ1) is 13.3. The molecule has 2 heteroatoms. The Morgan fingerprint density at radius 1 is 1.25 bits per heavy atom. The van der Waals surface area contributed by atoms with Crippen molar-refractivity contribution in [3.05, 3.63) is 21.4 Å². The number of hydrogen-bond acceptors (Lipinski definition) is 2. The van der Waals surface area contributed by atoms with Crippen molar-refractivity contribution >= 4 is 11.3 Å². The fraction of sp³-hybridized carbons (Fsp3) is 0.778. The summed E-state index contributed by atoms with van der Waals surface area (Å²) in [6.45, 7) is 8.04. The molecule has 1 heterocycles. The predicted octanol–water partition coefficient (Wildman–Crippen LogP) is 4.70. The van der Waals surface area contributed by atoms with E-state index < -0.39 is 0 Å². The van der Waals surface area contributed by atoms with E-state index in [2.05, 4.69) is 32.2 Å². The first-order valence-corrected chi connectivity index (χ1v) is 9.32. The number of aryl methyl sites for hydroxylation is 2. The van der Waals surface area contributed by atoms with Gasteiger partial charge in [0.05, 0.1) is 0 Å². The van der Waals surface area contributed by atoms with Crippen LogP contribution in [0.4, 0.5) is 0 Å². The zero-order valence-electron chi connectivity index (χ0n) is 13.0. The molecular formula is C18H27NS. The highest BCUT2D eigenvalue weighted by atomic mass is 32.1. The van der Waals surface area contributed by atoms with E-state index in [0.717, 1.165) is 29.6 Å². The highest BCUT2D eigenvalue weighted by molar-refractivity contribution is 7.12. The Morgan fingerprint density at radius 3 is 2.50 bits per heavy atom. The van der Waals surface area contributed by atoms with Crippen LogP contribution in [0.1, 0.15) is 54.0 Å². The average Bonchev–Trinajstić information content (AvgIpc) is 2.73. The summed E-state index contributed by atoms with van der Waals surface area (Å²) < 4.78 is 0. The van der Waals surface area contributed by atoms with Crippen LogP contribution in [0.15, 0.2) is 6.07 Å². The molecule has 1 aromatic rings. The highest BCUT2D eigenvalue weighted by Gasteiger charge is 2.66. The molecule has 110 valence electrons. The van der Waals surface area contributed by atoms with Gasteiger partial charge in [0.1, 0.15) is 0 Å². The van der Waals surface area contributed by atoms with E-state index in [9.17, 15) is 0 Å². The van der Waals surface area contributed by atoms with E-state index in [1.54, 1.807) is 16.9 Å². The van der Waals surface area contributed by atoms with Crippen LogP contribution in [-0.2, 0) is 0 Å². The minimum absolute atomic E-state index is 0.651. The van der Waals surface area contributed by atoms with Crippen LogP contribution in [0.5, 0.6) is 0 Å². The lowest BCUT2D eigenvalue weighted by atomic mass is 9.93. The van der Waals surface area contributed by atoms with Crippen molar-refractivity contribution in [3.63, 3.8) is 0 Å². The second kappa shape index (κ2) is 4.84. The smallest absolute Gasteiger partial charge is 0.0365 e. The maximum Gasteiger partial charge on any atom is 0.0365 e. The van der Waals surface area contributed by atoms with Crippen molar-refractivity contribution in [2.45, 2.75) is 52.5 Å². The molecule has 0 radical (unpaired) electrons. The summed E-state index contributed by atoms with van der Waals surface area (Å²) in [5.41, 5.74) is 1.62. The van der Waals surface area contributed by atoms with Crippen LogP contribution >= 0.6 is 11.3 Å². The summed E-state index contributed by atoms with van der Waals surface area (Å²) in [7, 11) is 0. The molecule has 3 aliphatic rings. The molecule has 5 atom stereocenters. The fourth-order valence-corrected chi connectivity index (χ4v) is 6.52. The quantitative estimate of drug-likeness (QED) is 0.828. The van der Waals surface area contributed by atoms with Gasteiger partial charge in [-0.25, -0.2) is 0 Å². The lowest BCUT2D eigenvalue weighted by Gasteiger charge is -2.22. The average molecular weight is 289 g/mol. The summed E-state index contributed by atoms with van der Waals surface area (Å²) in [5.74, 6) is 5.27. The first-order chi connectivity index (χ1) is 9.70. The molecule has 0 aromatic carbocycles. The lowest BCUT2D eigenvalue weighted by molar-refractivity contribution is 0.370. The van der Waals surface area contributed by atoms with Gasteiger partial charge in [-0.15, -0.1) is 11.3 Å². The minimum Gasteiger partial charge on any atom is -0.310 e. The van der Waals surface area contributed by atoms with Gasteiger partial charge < -0.3 is 5.32 Å². The van der Waals surface area contributed by atoms with Gasteiger partial charge in [-0.2, -0.15) is 0 Å². The zero-order valence-corrected chi connectivity index (χ0v) is 13.8. The maximum atomic E-state index is 3.91. The summed E-state index contributed by atoms with van der Waals surface area (Å²) in [6.07, 6.45) is 5.87. The molecule has 1 N–H and O–H groups in total. The summed E-state index contributed by atoms with van der Waals surface area (Å²) in [5, 5.41) is 3.91.